The maximum atomic E-state index is 13.3. The van der Waals surface area contributed by atoms with Crippen molar-refractivity contribution >= 4 is 19.8 Å². The number of esters is 1. The molecule has 228 valence electrons. The van der Waals surface area contributed by atoms with Gasteiger partial charge >= 0.3 is 19.8 Å². The predicted octanol–water partition coefficient (Wildman–Crippen LogP) is 6.36. The second-order valence-electron chi connectivity index (χ2n) is 9.46. The van der Waals surface area contributed by atoms with E-state index in [0.29, 0.717) is 12.2 Å². The molecule has 0 saturated heterocycles. The van der Waals surface area contributed by atoms with Crippen LogP contribution in [-0.4, -0.2) is 42.9 Å². The molecule has 9 nitrogen and oxygen atoms in total. The molecule has 0 bridgehead atoms. The molecular formula is C32H35FNO8P. The number of benzene rings is 3. The number of alkyl halides is 1. The Morgan fingerprint density at radius 3 is 2.05 bits per heavy atom. The van der Waals surface area contributed by atoms with Crippen LogP contribution in [0.5, 0.6) is 5.75 Å². The van der Waals surface area contributed by atoms with E-state index in [2.05, 4.69) is 37.4 Å². The minimum atomic E-state index is -4.00. The third kappa shape index (κ3) is 9.20. The largest absolute Gasteiger partial charge is 0.530 e. The third-order valence-corrected chi connectivity index (χ3v) is 7.72. The van der Waals surface area contributed by atoms with Gasteiger partial charge in [-0.05, 0) is 46.4 Å². The highest BCUT2D eigenvalue weighted by Crippen LogP contribution is 2.50. The summed E-state index contributed by atoms with van der Waals surface area (Å²) in [6.45, 7) is 7.65. The Kier molecular flexibility index (Phi) is 12.4. The molecule has 1 atom stereocenters. The first-order valence-electron chi connectivity index (χ1n) is 13.4. The van der Waals surface area contributed by atoms with Crippen LogP contribution < -0.4 is 10.3 Å². The lowest BCUT2D eigenvalue weighted by Crippen LogP contribution is -2.32. The van der Waals surface area contributed by atoms with Gasteiger partial charge in [0.2, 0.25) is 0 Å². The van der Waals surface area contributed by atoms with Crippen molar-refractivity contribution in [3.8, 4) is 16.9 Å². The number of rotatable bonds is 14. The quantitative estimate of drug-likeness (QED) is 0.121. The van der Waals surface area contributed by atoms with Crippen LogP contribution in [0.1, 0.15) is 35.1 Å². The SMILES string of the molecule is C=CCOP(=O)(OCC=C)Oc1ccc(CC(N)C(=O)O)cc1CF.CC(=O)OCC1c2ccccc2-c2ccccc21. The number of nitrogens with two attached hydrogens (primary N) is 1. The van der Waals surface area contributed by atoms with Crippen LogP contribution in [0.25, 0.3) is 11.1 Å². The van der Waals surface area contributed by atoms with Gasteiger partial charge in [0, 0.05) is 18.4 Å². The molecule has 0 aromatic heterocycles. The molecule has 11 heteroatoms. The van der Waals surface area contributed by atoms with Crippen molar-refractivity contribution in [2.75, 3.05) is 19.8 Å². The zero-order valence-corrected chi connectivity index (χ0v) is 24.7. The lowest BCUT2D eigenvalue weighted by molar-refractivity contribution is -0.141. The van der Waals surface area contributed by atoms with Crippen molar-refractivity contribution in [2.24, 2.45) is 5.73 Å². The maximum absolute atomic E-state index is 13.3. The molecule has 1 aliphatic rings. The number of hydrogen-bond donors (Lipinski definition) is 2. The molecule has 0 fully saturated rings. The van der Waals surface area contributed by atoms with Gasteiger partial charge in [0.15, 0.2) is 0 Å². The number of hydrogen-bond acceptors (Lipinski definition) is 8. The van der Waals surface area contributed by atoms with Gasteiger partial charge in [-0.25, -0.2) is 8.96 Å². The van der Waals surface area contributed by atoms with Crippen molar-refractivity contribution in [1.29, 1.82) is 0 Å². The first-order chi connectivity index (χ1) is 20.6. The van der Waals surface area contributed by atoms with Crippen molar-refractivity contribution in [2.45, 2.75) is 32.0 Å². The van der Waals surface area contributed by atoms with Crippen LogP contribution in [0.4, 0.5) is 4.39 Å². The van der Waals surface area contributed by atoms with E-state index in [4.69, 9.17) is 29.1 Å². The Labute approximate surface area is 250 Å². The van der Waals surface area contributed by atoms with Crippen LogP contribution in [0.2, 0.25) is 0 Å². The molecule has 0 heterocycles. The molecule has 1 unspecified atom stereocenters. The fraction of sp³-hybridized carbons (Fsp3) is 0.250. The fourth-order valence-corrected chi connectivity index (χ4v) is 5.61. The molecule has 0 saturated carbocycles. The van der Waals surface area contributed by atoms with E-state index in [1.165, 1.54) is 59.5 Å². The van der Waals surface area contributed by atoms with Gasteiger partial charge in [0.1, 0.15) is 25.1 Å². The molecule has 1 aliphatic carbocycles. The summed E-state index contributed by atoms with van der Waals surface area (Å²) >= 11 is 0. The Balaban J connectivity index is 0.000000246. The molecule has 4 rings (SSSR count). The molecule has 0 spiro atoms. The monoisotopic (exact) mass is 611 g/mol. The van der Waals surface area contributed by atoms with Crippen LogP contribution >= 0.6 is 7.82 Å². The summed E-state index contributed by atoms with van der Waals surface area (Å²) < 4.78 is 46.4. The topological polar surface area (TPSA) is 134 Å². The van der Waals surface area contributed by atoms with E-state index < -0.39 is 26.5 Å². The molecule has 3 aromatic carbocycles. The molecule has 0 aliphatic heterocycles. The lowest BCUT2D eigenvalue weighted by atomic mass is 9.98. The first-order valence-corrected chi connectivity index (χ1v) is 14.9. The minimum absolute atomic E-state index is 0.0141. The number of aliphatic carboxylic acids is 1. The summed E-state index contributed by atoms with van der Waals surface area (Å²) in [5.41, 5.74) is 11.0. The van der Waals surface area contributed by atoms with E-state index in [1.54, 1.807) is 0 Å². The van der Waals surface area contributed by atoms with Gasteiger partial charge < -0.3 is 20.1 Å². The zero-order chi connectivity index (χ0) is 31.4. The molecule has 3 aromatic rings. The van der Waals surface area contributed by atoms with Gasteiger partial charge in [0.25, 0.3) is 0 Å². The highest BCUT2D eigenvalue weighted by molar-refractivity contribution is 7.48. The van der Waals surface area contributed by atoms with Crippen LogP contribution in [0, 0.1) is 0 Å². The van der Waals surface area contributed by atoms with Crippen LogP contribution in [0.3, 0.4) is 0 Å². The Bertz CT molecular complexity index is 1430. The predicted molar refractivity (Wildman–Crippen MR) is 161 cm³/mol. The van der Waals surface area contributed by atoms with Gasteiger partial charge in [0.05, 0.1) is 13.2 Å². The van der Waals surface area contributed by atoms with Crippen molar-refractivity contribution in [3.63, 3.8) is 0 Å². The molecule has 0 amide bonds. The number of ether oxygens (including phenoxy) is 1. The first kappa shape index (κ1) is 33.4. The van der Waals surface area contributed by atoms with Gasteiger partial charge in [-0.15, -0.1) is 13.2 Å². The van der Waals surface area contributed by atoms with E-state index in [-0.39, 0.29) is 42.8 Å². The minimum Gasteiger partial charge on any atom is -0.480 e. The van der Waals surface area contributed by atoms with Gasteiger partial charge in [-0.3, -0.25) is 18.6 Å². The number of carbonyl (C=O) groups excluding carboxylic acids is 1. The maximum Gasteiger partial charge on any atom is 0.530 e. The van der Waals surface area contributed by atoms with Gasteiger partial charge in [-0.2, -0.15) is 0 Å². The summed E-state index contributed by atoms with van der Waals surface area (Å²) in [7, 11) is -4.00. The summed E-state index contributed by atoms with van der Waals surface area (Å²) in [4.78, 5) is 21.8. The summed E-state index contributed by atoms with van der Waals surface area (Å²) in [6.07, 6.45) is 2.74. The highest BCUT2D eigenvalue weighted by atomic mass is 31.2. The molecule has 43 heavy (non-hydrogen) atoms. The number of carboxylic acids is 1. The van der Waals surface area contributed by atoms with E-state index >= 15 is 0 Å². The summed E-state index contributed by atoms with van der Waals surface area (Å²) in [5, 5.41) is 8.83. The van der Waals surface area contributed by atoms with E-state index in [0.717, 1.165) is 0 Å². The number of halogens is 1. The lowest BCUT2D eigenvalue weighted by Gasteiger charge is -2.19. The average Bonchev–Trinajstić information content (AvgIpc) is 3.32. The normalized spacial score (nSPS) is 12.6. The number of phosphoric ester groups is 1. The Hall–Kier alpha value is -4.08. The van der Waals surface area contributed by atoms with E-state index in [9.17, 15) is 18.5 Å². The fourth-order valence-electron chi connectivity index (χ4n) is 4.43. The van der Waals surface area contributed by atoms with Crippen molar-refractivity contribution < 1.29 is 42.0 Å². The Morgan fingerprint density at radius 2 is 1.56 bits per heavy atom. The summed E-state index contributed by atoms with van der Waals surface area (Å²) in [5.74, 6) is -1.26. The number of phosphoric acid groups is 1. The average molecular weight is 612 g/mol. The number of carboxylic acid groups (broad SMARTS) is 1. The van der Waals surface area contributed by atoms with Crippen molar-refractivity contribution in [3.05, 3.63) is 114 Å². The second kappa shape index (κ2) is 16.0. The number of fused-ring (bicyclic) bond motifs is 3. The Morgan fingerprint density at radius 1 is 1.00 bits per heavy atom. The standard InChI is InChI=1S/C16H21FNO6P.C16H14O2/c1-3-7-22-25(21,23-8-4-2)24-15-6-5-12(9-13(15)11-17)10-14(18)16(19)20;1-11(17)18-10-16-14-8-4-2-6-12(14)13-7-3-5-9-15(13)16/h3-6,9,14H,1-2,7-8,10-11,18H2,(H,19,20);2-9,16H,10H2,1H3. The van der Waals surface area contributed by atoms with Crippen molar-refractivity contribution in [1.82, 2.24) is 0 Å². The van der Waals surface area contributed by atoms with Crippen LogP contribution in [0.15, 0.2) is 92.0 Å². The summed E-state index contributed by atoms with van der Waals surface area (Å²) in [6, 6.07) is 19.8. The number of carbonyl (C=O) groups is 2. The third-order valence-electron chi connectivity index (χ3n) is 6.37. The smallest absolute Gasteiger partial charge is 0.480 e. The zero-order valence-electron chi connectivity index (χ0n) is 23.8. The molecular weight excluding hydrogens is 576 g/mol. The molecule has 3 N–H and O–H groups in total. The molecule has 0 radical (unpaired) electrons. The van der Waals surface area contributed by atoms with E-state index in [1.807, 2.05) is 24.3 Å². The highest BCUT2D eigenvalue weighted by Gasteiger charge is 2.30. The van der Waals surface area contributed by atoms with Crippen LogP contribution in [-0.2, 0) is 41.0 Å². The van der Waals surface area contributed by atoms with Gasteiger partial charge in [-0.1, -0.05) is 66.7 Å². The second-order valence-corrected chi connectivity index (χ2v) is 11.1.